The number of imidazole rings is 1. The number of aryl methyl sites for hydroxylation is 2. The quantitative estimate of drug-likeness (QED) is 0.435. The van der Waals surface area contributed by atoms with E-state index < -0.39 is 0 Å². The molecule has 0 bridgehead atoms. The Morgan fingerprint density at radius 2 is 1.69 bits per heavy atom. The lowest BCUT2D eigenvalue weighted by Gasteiger charge is -2.15. The summed E-state index contributed by atoms with van der Waals surface area (Å²) in [7, 11) is 0. The molecule has 3 rings (SSSR count). The van der Waals surface area contributed by atoms with Crippen LogP contribution in [0.5, 0.6) is 5.75 Å². The van der Waals surface area contributed by atoms with E-state index in [9.17, 15) is 0 Å². The van der Waals surface area contributed by atoms with Gasteiger partial charge in [-0.2, -0.15) is 0 Å². The highest BCUT2D eigenvalue weighted by molar-refractivity contribution is 5.76. The second-order valence-electron chi connectivity index (χ2n) is 6.99. The highest BCUT2D eigenvalue weighted by atomic mass is 16.5. The zero-order chi connectivity index (χ0) is 18.4. The molecule has 2 aromatic carbocycles. The van der Waals surface area contributed by atoms with Crippen molar-refractivity contribution in [3.05, 3.63) is 59.9 Å². The second kappa shape index (κ2) is 8.88. The van der Waals surface area contributed by atoms with Crippen LogP contribution in [-0.2, 0) is 6.54 Å². The van der Waals surface area contributed by atoms with Gasteiger partial charge in [-0.1, -0.05) is 43.7 Å². The Kier molecular flexibility index (Phi) is 6.32. The first-order valence-corrected chi connectivity index (χ1v) is 9.87. The lowest BCUT2D eigenvalue weighted by Crippen LogP contribution is -2.09. The molecule has 26 heavy (non-hydrogen) atoms. The molecule has 0 aliphatic carbocycles. The fourth-order valence-corrected chi connectivity index (χ4v) is 3.49. The first-order chi connectivity index (χ1) is 12.7. The number of benzene rings is 2. The zero-order valence-corrected chi connectivity index (χ0v) is 16.2. The average molecular weight is 351 g/mol. The molecule has 0 atom stereocenters. The number of rotatable bonds is 9. The van der Waals surface area contributed by atoms with Crippen molar-refractivity contribution in [2.75, 3.05) is 6.61 Å². The molecule has 0 saturated carbocycles. The van der Waals surface area contributed by atoms with E-state index >= 15 is 0 Å². The van der Waals surface area contributed by atoms with Crippen LogP contribution in [0.15, 0.2) is 48.5 Å². The van der Waals surface area contributed by atoms with E-state index in [-0.39, 0.29) is 0 Å². The number of para-hydroxylation sites is 2. The highest BCUT2D eigenvalue weighted by Crippen LogP contribution is 2.27. The van der Waals surface area contributed by atoms with Crippen molar-refractivity contribution in [2.45, 2.75) is 58.9 Å². The molecule has 0 amide bonds. The summed E-state index contributed by atoms with van der Waals surface area (Å²) < 4.78 is 8.29. The summed E-state index contributed by atoms with van der Waals surface area (Å²) in [5.74, 6) is 2.74. The molecule has 0 N–H and O–H groups in total. The van der Waals surface area contributed by atoms with Crippen LogP contribution >= 0.6 is 0 Å². The van der Waals surface area contributed by atoms with E-state index in [2.05, 4.69) is 61.7 Å². The van der Waals surface area contributed by atoms with Gasteiger partial charge in [0.25, 0.3) is 0 Å². The number of aromatic nitrogens is 2. The van der Waals surface area contributed by atoms with Crippen LogP contribution in [0.1, 0.15) is 56.8 Å². The Balaban J connectivity index is 1.62. The van der Waals surface area contributed by atoms with Crippen molar-refractivity contribution >= 4 is 11.0 Å². The van der Waals surface area contributed by atoms with E-state index in [1.807, 2.05) is 12.1 Å². The van der Waals surface area contributed by atoms with Gasteiger partial charge in [0.05, 0.1) is 17.6 Å². The Labute approximate surface area is 157 Å². The molecule has 0 fully saturated rings. The summed E-state index contributed by atoms with van der Waals surface area (Å²) in [6, 6.07) is 16.8. The minimum Gasteiger partial charge on any atom is -0.494 e. The Hall–Kier alpha value is -2.29. The van der Waals surface area contributed by atoms with Crippen LogP contribution < -0.4 is 4.74 Å². The predicted molar refractivity (Wildman–Crippen MR) is 109 cm³/mol. The fourth-order valence-electron chi connectivity index (χ4n) is 3.49. The molecule has 0 unspecified atom stereocenters. The highest BCUT2D eigenvalue weighted by Gasteiger charge is 2.17. The average Bonchev–Trinajstić information content (AvgIpc) is 3.02. The van der Waals surface area contributed by atoms with Crippen LogP contribution in [-0.4, -0.2) is 16.2 Å². The van der Waals surface area contributed by atoms with E-state index in [0.29, 0.717) is 5.92 Å². The molecule has 0 aliphatic heterocycles. The normalized spacial score (nSPS) is 11.4. The van der Waals surface area contributed by atoms with Gasteiger partial charge < -0.3 is 9.30 Å². The van der Waals surface area contributed by atoms with Crippen LogP contribution in [0.3, 0.4) is 0 Å². The molecule has 3 heteroatoms. The Bertz CT molecular complexity index is 816. The molecule has 1 aromatic heterocycles. The summed E-state index contributed by atoms with van der Waals surface area (Å²) in [6.07, 6.45) is 4.41. The minimum absolute atomic E-state index is 0.534. The standard InChI is InChI=1S/C23H30N2O/c1-4-19(5-2)23-24-21-10-6-7-11-22(21)25(23)16-8-9-17-26-20-14-12-18(3)13-15-20/h6-7,10-15,19H,4-5,8-9,16-17H2,1-3H3. The van der Waals surface area contributed by atoms with Gasteiger partial charge in [0.15, 0.2) is 0 Å². The number of unbranched alkanes of at least 4 members (excludes halogenated alkanes) is 1. The second-order valence-corrected chi connectivity index (χ2v) is 6.99. The van der Waals surface area contributed by atoms with Crippen molar-refractivity contribution in [1.82, 2.24) is 9.55 Å². The van der Waals surface area contributed by atoms with Gasteiger partial charge in [-0.15, -0.1) is 0 Å². The summed E-state index contributed by atoms with van der Waals surface area (Å²) in [4.78, 5) is 4.94. The van der Waals surface area contributed by atoms with Gasteiger partial charge in [-0.25, -0.2) is 4.98 Å². The van der Waals surface area contributed by atoms with E-state index in [1.54, 1.807) is 0 Å². The van der Waals surface area contributed by atoms with Gasteiger partial charge in [0, 0.05) is 12.5 Å². The number of nitrogens with zero attached hydrogens (tertiary/aromatic N) is 2. The van der Waals surface area contributed by atoms with Crippen molar-refractivity contribution < 1.29 is 4.74 Å². The van der Waals surface area contributed by atoms with Crippen molar-refractivity contribution in [2.24, 2.45) is 0 Å². The Morgan fingerprint density at radius 3 is 2.42 bits per heavy atom. The first kappa shape index (κ1) is 18.5. The monoisotopic (exact) mass is 350 g/mol. The summed E-state index contributed by atoms with van der Waals surface area (Å²) >= 11 is 0. The van der Waals surface area contributed by atoms with Gasteiger partial charge in [0.2, 0.25) is 0 Å². The van der Waals surface area contributed by atoms with Gasteiger partial charge >= 0.3 is 0 Å². The van der Waals surface area contributed by atoms with Crippen molar-refractivity contribution in [3.63, 3.8) is 0 Å². The maximum atomic E-state index is 5.86. The molecule has 0 saturated heterocycles. The maximum Gasteiger partial charge on any atom is 0.119 e. The zero-order valence-electron chi connectivity index (χ0n) is 16.2. The molecule has 3 nitrogen and oxygen atoms in total. The molecule has 0 spiro atoms. The van der Waals surface area contributed by atoms with Crippen LogP contribution in [0.25, 0.3) is 11.0 Å². The predicted octanol–water partition coefficient (Wildman–Crippen LogP) is 6.11. The van der Waals surface area contributed by atoms with Crippen LogP contribution in [0, 0.1) is 6.92 Å². The molecule has 1 heterocycles. The van der Waals surface area contributed by atoms with Crippen LogP contribution in [0.4, 0.5) is 0 Å². The van der Waals surface area contributed by atoms with E-state index in [0.717, 1.165) is 50.1 Å². The minimum atomic E-state index is 0.534. The molecular weight excluding hydrogens is 320 g/mol. The first-order valence-electron chi connectivity index (χ1n) is 9.87. The number of fused-ring (bicyclic) bond motifs is 1. The number of hydrogen-bond acceptors (Lipinski definition) is 2. The molecule has 138 valence electrons. The molecule has 0 aliphatic rings. The largest absolute Gasteiger partial charge is 0.494 e. The molecule has 3 aromatic rings. The van der Waals surface area contributed by atoms with Crippen LogP contribution in [0.2, 0.25) is 0 Å². The topological polar surface area (TPSA) is 27.1 Å². The summed E-state index contributed by atoms with van der Waals surface area (Å²) in [5, 5.41) is 0. The third kappa shape index (κ3) is 4.27. The Morgan fingerprint density at radius 1 is 0.962 bits per heavy atom. The maximum absolute atomic E-state index is 5.86. The smallest absolute Gasteiger partial charge is 0.119 e. The van der Waals surface area contributed by atoms with E-state index in [4.69, 9.17) is 9.72 Å². The lowest BCUT2D eigenvalue weighted by molar-refractivity contribution is 0.303. The van der Waals surface area contributed by atoms with E-state index in [1.165, 1.54) is 16.9 Å². The SMILES string of the molecule is CCC(CC)c1nc2ccccc2n1CCCCOc1ccc(C)cc1. The van der Waals surface area contributed by atoms with Gasteiger partial charge in [-0.05, 0) is 56.9 Å². The van der Waals surface area contributed by atoms with Crippen molar-refractivity contribution in [3.8, 4) is 5.75 Å². The molecule has 0 radical (unpaired) electrons. The third-order valence-electron chi connectivity index (χ3n) is 5.10. The number of hydrogen-bond donors (Lipinski definition) is 0. The van der Waals surface area contributed by atoms with Gasteiger partial charge in [0.1, 0.15) is 11.6 Å². The summed E-state index contributed by atoms with van der Waals surface area (Å²) in [5.41, 5.74) is 3.64. The number of ether oxygens (including phenoxy) is 1. The van der Waals surface area contributed by atoms with Crippen molar-refractivity contribution in [1.29, 1.82) is 0 Å². The van der Waals surface area contributed by atoms with Gasteiger partial charge in [-0.3, -0.25) is 0 Å². The lowest BCUT2D eigenvalue weighted by atomic mass is 10.0. The fraction of sp³-hybridized carbons (Fsp3) is 0.435. The third-order valence-corrected chi connectivity index (χ3v) is 5.10. The molecular formula is C23H30N2O. The summed E-state index contributed by atoms with van der Waals surface area (Å²) in [6.45, 7) is 8.37.